The Labute approximate surface area is 118 Å². The highest BCUT2D eigenvalue weighted by Gasteiger charge is 2.08. The summed E-state index contributed by atoms with van der Waals surface area (Å²) >= 11 is 0. The number of nitrogens with zero attached hydrogens (tertiary/aromatic N) is 2. The van der Waals surface area contributed by atoms with Crippen LogP contribution in [0.25, 0.3) is 0 Å². The minimum absolute atomic E-state index is 0.226. The van der Waals surface area contributed by atoms with Gasteiger partial charge in [-0.2, -0.15) is 0 Å². The van der Waals surface area contributed by atoms with Gasteiger partial charge in [0.15, 0.2) is 0 Å². The van der Waals surface area contributed by atoms with Crippen molar-refractivity contribution in [3.05, 3.63) is 59.7 Å². The van der Waals surface area contributed by atoms with Crippen LogP contribution >= 0.6 is 0 Å². The average Bonchev–Trinajstić information content (AvgIpc) is 2.49. The molecule has 1 aromatic heterocycles. The van der Waals surface area contributed by atoms with E-state index in [2.05, 4.69) is 4.98 Å². The highest BCUT2D eigenvalue weighted by atomic mass is 19.1. The summed E-state index contributed by atoms with van der Waals surface area (Å²) < 4.78 is 12.9. The van der Waals surface area contributed by atoms with Gasteiger partial charge in [-0.3, -0.25) is 4.98 Å². The number of anilines is 1. The Morgan fingerprint density at radius 3 is 2.45 bits per heavy atom. The molecule has 1 aromatic carbocycles. The Bertz CT molecular complexity index is 539. The SMILES string of the molecule is CCC(O)c1ccc(N(C)Cc2ccc(F)cc2)cn1. The molecule has 0 saturated heterocycles. The Morgan fingerprint density at radius 2 is 1.90 bits per heavy atom. The summed E-state index contributed by atoms with van der Waals surface area (Å²) in [5.74, 6) is -0.226. The van der Waals surface area contributed by atoms with Crippen LogP contribution in [0.2, 0.25) is 0 Å². The lowest BCUT2D eigenvalue weighted by atomic mass is 10.1. The molecule has 0 aliphatic heterocycles. The molecule has 4 heteroatoms. The van der Waals surface area contributed by atoms with Gasteiger partial charge in [0.1, 0.15) is 5.82 Å². The van der Waals surface area contributed by atoms with Gasteiger partial charge in [0, 0.05) is 13.6 Å². The summed E-state index contributed by atoms with van der Waals surface area (Å²) in [4.78, 5) is 6.30. The van der Waals surface area contributed by atoms with Gasteiger partial charge in [-0.25, -0.2) is 4.39 Å². The third-order valence-corrected chi connectivity index (χ3v) is 3.27. The maximum Gasteiger partial charge on any atom is 0.123 e. The van der Waals surface area contributed by atoms with E-state index in [0.29, 0.717) is 18.7 Å². The van der Waals surface area contributed by atoms with E-state index in [1.807, 2.05) is 31.0 Å². The van der Waals surface area contributed by atoms with E-state index in [0.717, 1.165) is 11.3 Å². The number of aliphatic hydroxyl groups is 1. The zero-order valence-corrected chi connectivity index (χ0v) is 11.8. The van der Waals surface area contributed by atoms with Crippen molar-refractivity contribution >= 4 is 5.69 Å². The molecular formula is C16H19FN2O. The number of hydrogen-bond acceptors (Lipinski definition) is 3. The Balaban J connectivity index is 2.05. The van der Waals surface area contributed by atoms with Crippen LogP contribution in [0.15, 0.2) is 42.6 Å². The molecule has 0 saturated carbocycles. The first kappa shape index (κ1) is 14.5. The van der Waals surface area contributed by atoms with E-state index in [9.17, 15) is 9.50 Å². The van der Waals surface area contributed by atoms with Crippen LogP contribution in [0.5, 0.6) is 0 Å². The summed E-state index contributed by atoms with van der Waals surface area (Å²) in [6, 6.07) is 10.2. The molecule has 2 rings (SSSR count). The van der Waals surface area contributed by atoms with Crippen molar-refractivity contribution in [3.8, 4) is 0 Å². The predicted molar refractivity (Wildman–Crippen MR) is 78.0 cm³/mol. The summed E-state index contributed by atoms with van der Waals surface area (Å²) in [5.41, 5.74) is 2.68. The first-order chi connectivity index (χ1) is 9.60. The fraction of sp³-hybridized carbons (Fsp3) is 0.312. The third-order valence-electron chi connectivity index (χ3n) is 3.27. The summed E-state index contributed by atoms with van der Waals surface area (Å²) in [6.45, 7) is 2.60. The van der Waals surface area contributed by atoms with E-state index in [1.165, 1.54) is 12.1 Å². The third kappa shape index (κ3) is 3.54. The number of hydrogen-bond donors (Lipinski definition) is 1. The van der Waals surface area contributed by atoms with Crippen LogP contribution in [-0.4, -0.2) is 17.1 Å². The molecule has 0 aliphatic carbocycles. The minimum Gasteiger partial charge on any atom is -0.387 e. The highest BCUT2D eigenvalue weighted by Crippen LogP contribution is 2.19. The molecular weight excluding hydrogens is 255 g/mol. The first-order valence-corrected chi connectivity index (χ1v) is 6.69. The molecule has 0 spiro atoms. The van der Waals surface area contributed by atoms with Gasteiger partial charge < -0.3 is 10.0 Å². The molecule has 20 heavy (non-hydrogen) atoms. The first-order valence-electron chi connectivity index (χ1n) is 6.69. The molecule has 1 heterocycles. The second kappa shape index (κ2) is 6.48. The second-order valence-corrected chi connectivity index (χ2v) is 4.85. The van der Waals surface area contributed by atoms with Gasteiger partial charge in [-0.1, -0.05) is 19.1 Å². The quantitative estimate of drug-likeness (QED) is 0.908. The van der Waals surface area contributed by atoms with Gasteiger partial charge in [-0.15, -0.1) is 0 Å². The maximum atomic E-state index is 12.9. The van der Waals surface area contributed by atoms with Crippen molar-refractivity contribution in [2.75, 3.05) is 11.9 Å². The van der Waals surface area contributed by atoms with Crippen molar-refractivity contribution in [3.63, 3.8) is 0 Å². The van der Waals surface area contributed by atoms with Crippen LogP contribution < -0.4 is 4.90 Å². The van der Waals surface area contributed by atoms with E-state index in [1.54, 1.807) is 18.3 Å². The van der Waals surface area contributed by atoms with Crippen LogP contribution in [0.4, 0.5) is 10.1 Å². The second-order valence-electron chi connectivity index (χ2n) is 4.85. The summed E-state index contributed by atoms with van der Waals surface area (Å²) in [6.07, 6.45) is 1.89. The van der Waals surface area contributed by atoms with Crippen molar-refractivity contribution in [2.24, 2.45) is 0 Å². The lowest BCUT2D eigenvalue weighted by molar-refractivity contribution is 0.169. The Kier molecular flexibility index (Phi) is 4.69. The normalized spacial score (nSPS) is 12.2. The molecule has 1 N–H and O–H groups in total. The standard InChI is InChI=1S/C16H19FN2O/c1-3-16(20)15-9-8-14(10-18-15)19(2)11-12-4-6-13(17)7-5-12/h4-10,16,20H,3,11H2,1-2H3. The molecule has 0 radical (unpaired) electrons. The number of pyridine rings is 1. The lowest BCUT2D eigenvalue weighted by Gasteiger charge is -2.19. The molecule has 0 bridgehead atoms. The van der Waals surface area contributed by atoms with Gasteiger partial charge in [0.05, 0.1) is 23.7 Å². The van der Waals surface area contributed by atoms with Crippen molar-refractivity contribution in [1.82, 2.24) is 4.98 Å². The molecule has 1 atom stereocenters. The van der Waals surface area contributed by atoms with Gasteiger partial charge in [0.2, 0.25) is 0 Å². The van der Waals surface area contributed by atoms with E-state index in [4.69, 9.17) is 0 Å². The van der Waals surface area contributed by atoms with Crippen molar-refractivity contribution in [1.29, 1.82) is 0 Å². The van der Waals surface area contributed by atoms with Gasteiger partial charge in [-0.05, 0) is 36.2 Å². The van der Waals surface area contributed by atoms with E-state index >= 15 is 0 Å². The minimum atomic E-state index is -0.508. The zero-order valence-electron chi connectivity index (χ0n) is 11.8. The molecule has 0 amide bonds. The number of aliphatic hydroxyl groups excluding tert-OH is 1. The van der Waals surface area contributed by atoms with E-state index in [-0.39, 0.29) is 5.82 Å². The molecule has 1 unspecified atom stereocenters. The molecule has 0 aliphatic rings. The highest BCUT2D eigenvalue weighted by molar-refractivity contribution is 5.44. The number of benzene rings is 1. The number of aromatic nitrogens is 1. The van der Waals surface area contributed by atoms with Crippen LogP contribution in [0.1, 0.15) is 30.7 Å². The molecule has 3 nitrogen and oxygen atoms in total. The fourth-order valence-electron chi connectivity index (χ4n) is 1.98. The molecule has 106 valence electrons. The van der Waals surface area contributed by atoms with Crippen LogP contribution in [-0.2, 0) is 6.54 Å². The lowest BCUT2D eigenvalue weighted by Crippen LogP contribution is -2.16. The summed E-state index contributed by atoms with van der Waals surface area (Å²) in [7, 11) is 1.95. The van der Waals surface area contributed by atoms with Crippen molar-refractivity contribution in [2.45, 2.75) is 26.0 Å². The van der Waals surface area contributed by atoms with Gasteiger partial charge in [0.25, 0.3) is 0 Å². The summed E-state index contributed by atoms with van der Waals surface area (Å²) in [5, 5.41) is 9.71. The number of rotatable bonds is 5. The largest absolute Gasteiger partial charge is 0.387 e. The maximum absolute atomic E-state index is 12.9. The number of halogens is 1. The van der Waals surface area contributed by atoms with Crippen LogP contribution in [0.3, 0.4) is 0 Å². The fourth-order valence-corrected chi connectivity index (χ4v) is 1.98. The van der Waals surface area contributed by atoms with Gasteiger partial charge >= 0.3 is 0 Å². The smallest absolute Gasteiger partial charge is 0.123 e. The predicted octanol–water partition coefficient (Wildman–Crippen LogP) is 3.30. The Hall–Kier alpha value is -1.94. The molecule has 0 fully saturated rings. The van der Waals surface area contributed by atoms with E-state index < -0.39 is 6.10 Å². The zero-order chi connectivity index (χ0) is 14.5. The topological polar surface area (TPSA) is 36.4 Å². The van der Waals surface area contributed by atoms with Crippen molar-refractivity contribution < 1.29 is 9.50 Å². The monoisotopic (exact) mass is 274 g/mol. The van der Waals surface area contributed by atoms with Crippen LogP contribution in [0, 0.1) is 5.82 Å². The average molecular weight is 274 g/mol. The molecule has 2 aromatic rings. The Morgan fingerprint density at radius 1 is 1.20 bits per heavy atom.